The van der Waals surface area contributed by atoms with E-state index in [2.05, 4.69) is 13.8 Å². The van der Waals surface area contributed by atoms with Gasteiger partial charge in [0.05, 0.1) is 5.92 Å². The number of aliphatic carboxylic acids is 1. The number of hydrogen-bond acceptors (Lipinski definition) is 1. The summed E-state index contributed by atoms with van der Waals surface area (Å²) in [6.45, 7) is 4.25. The van der Waals surface area contributed by atoms with Gasteiger partial charge in [-0.2, -0.15) is 0 Å². The van der Waals surface area contributed by atoms with Crippen LogP contribution >= 0.6 is 0 Å². The van der Waals surface area contributed by atoms with Gasteiger partial charge in [0.1, 0.15) is 0 Å². The van der Waals surface area contributed by atoms with E-state index in [4.69, 9.17) is 5.11 Å². The molecular formula is C9H18O2. The molecule has 66 valence electrons. The largest absolute Gasteiger partial charge is 0.481 e. The maximum atomic E-state index is 10.2. The topological polar surface area (TPSA) is 37.3 Å². The molecule has 0 amide bonds. The zero-order valence-corrected chi connectivity index (χ0v) is 7.47. The van der Waals surface area contributed by atoms with Crippen LogP contribution < -0.4 is 0 Å². The number of carboxylic acid groups (broad SMARTS) is 1. The number of rotatable bonds is 1. The average molecular weight is 158 g/mol. The molecular weight excluding hydrogens is 140 g/mol. The highest BCUT2D eigenvalue weighted by Gasteiger charge is 2.20. The van der Waals surface area contributed by atoms with Crippen molar-refractivity contribution in [1.29, 1.82) is 0 Å². The van der Waals surface area contributed by atoms with Gasteiger partial charge in [0, 0.05) is 0 Å². The molecule has 0 unspecified atom stereocenters. The molecule has 0 radical (unpaired) electrons. The summed E-state index contributed by atoms with van der Waals surface area (Å²) in [6, 6.07) is 0. The summed E-state index contributed by atoms with van der Waals surface area (Å²) < 4.78 is 0. The van der Waals surface area contributed by atoms with Crippen LogP contribution in [-0.2, 0) is 4.79 Å². The van der Waals surface area contributed by atoms with Gasteiger partial charge in [-0.3, -0.25) is 4.79 Å². The smallest absolute Gasteiger partial charge is 0.306 e. The van der Waals surface area contributed by atoms with Crippen LogP contribution in [-0.4, -0.2) is 11.1 Å². The van der Waals surface area contributed by atoms with Crippen LogP contribution in [0, 0.1) is 5.92 Å². The molecule has 0 aromatic rings. The van der Waals surface area contributed by atoms with E-state index >= 15 is 0 Å². The Morgan fingerprint density at radius 1 is 1.36 bits per heavy atom. The Hall–Kier alpha value is -0.530. The van der Waals surface area contributed by atoms with Crippen molar-refractivity contribution in [2.45, 2.75) is 46.0 Å². The van der Waals surface area contributed by atoms with Crippen LogP contribution in [0.4, 0.5) is 0 Å². The molecule has 1 aliphatic rings. The fourth-order valence-corrected chi connectivity index (χ4v) is 1.17. The van der Waals surface area contributed by atoms with Crippen molar-refractivity contribution in [3.05, 3.63) is 0 Å². The average Bonchev–Trinajstić information content (AvgIpc) is 2.38. The Bertz CT molecular complexity index is 104. The van der Waals surface area contributed by atoms with Crippen LogP contribution in [0.1, 0.15) is 46.0 Å². The molecule has 0 aromatic carbocycles. The third-order valence-electron chi connectivity index (χ3n) is 1.70. The summed E-state index contributed by atoms with van der Waals surface area (Å²) in [5.74, 6) is -0.627. The van der Waals surface area contributed by atoms with Crippen molar-refractivity contribution in [3.8, 4) is 0 Å². The van der Waals surface area contributed by atoms with E-state index in [1.54, 1.807) is 0 Å². The highest BCUT2D eigenvalue weighted by atomic mass is 16.4. The van der Waals surface area contributed by atoms with Crippen LogP contribution in [0.15, 0.2) is 0 Å². The predicted octanol–water partition coefficient (Wildman–Crippen LogP) is 2.68. The second-order valence-electron chi connectivity index (χ2n) is 3.03. The lowest BCUT2D eigenvalue weighted by atomic mass is 10.1. The van der Waals surface area contributed by atoms with E-state index < -0.39 is 5.97 Å². The van der Waals surface area contributed by atoms with Gasteiger partial charge >= 0.3 is 5.97 Å². The fourth-order valence-electron chi connectivity index (χ4n) is 1.17. The molecule has 0 atom stereocenters. The third-order valence-corrected chi connectivity index (χ3v) is 1.70. The SMILES string of the molecule is CCC.O=C(O)C1CCCC1. The Kier molecular flexibility index (Phi) is 5.90. The molecule has 1 aliphatic carbocycles. The summed E-state index contributed by atoms with van der Waals surface area (Å²) in [4.78, 5) is 10.2. The molecule has 0 bridgehead atoms. The van der Waals surface area contributed by atoms with Crippen molar-refractivity contribution in [3.63, 3.8) is 0 Å². The van der Waals surface area contributed by atoms with Gasteiger partial charge in [-0.05, 0) is 12.8 Å². The number of carbonyl (C=O) groups is 1. The second kappa shape index (κ2) is 6.20. The molecule has 0 spiro atoms. The molecule has 0 aromatic heterocycles. The summed E-state index contributed by atoms with van der Waals surface area (Å²) in [5, 5.41) is 8.41. The molecule has 0 saturated heterocycles. The third kappa shape index (κ3) is 4.82. The van der Waals surface area contributed by atoms with E-state index in [0.29, 0.717) is 0 Å². The Morgan fingerprint density at radius 2 is 1.73 bits per heavy atom. The van der Waals surface area contributed by atoms with Crippen molar-refractivity contribution in [2.75, 3.05) is 0 Å². The summed E-state index contributed by atoms with van der Waals surface area (Å²) >= 11 is 0. The van der Waals surface area contributed by atoms with Gasteiger partial charge in [-0.1, -0.05) is 33.1 Å². The predicted molar refractivity (Wildman–Crippen MR) is 45.6 cm³/mol. The molecule has 0 aliphatic heterocycles. The van der Waals surface area contributed by atoms with Gasteiger partial charge in [0.2, 0.25) is 0 Å². The van der Waals surface area contributed by atoms with Crippen molar-refractivity contribution in [1.82, 2.24) is 0 Å². The molecule has 1 fully saturated rings. The Labute approximate surface area is 68.6 Å². The van der Waals surface area contributed by atoms with Crippen LogP contribution in [0.5, 0.6) is 0 Å². The zero-order chi connectivity index (χ0) is 8.69. The summed E-state index contributed by atoms with van der Waals surface area (Å²) in [5.41, 5.74) is 0. The Morgan fingerprint density at radius 3 is 1.91 bits per heavy atom. The number of hydrogen-bond donors (Lipinski definition) is 1. The van der Waals surface area contributed by atoms with Gasteiger partial charge in [-0.15, -0.1) is 0 Å². The number of carboxylic acids is 1. The maximum Gasteiger partial charge on any atom is 0.306 e. The first-order chi connectivity index (χ1) is 5.22. The molecule has 1 rings (SSSR count). The lowest BCUT2D eigenvalue weighted by Crippen LogP contribution is -2.07. The van der Waals surface area contributed by atoms with Crippen LogP contribution in [0.3, 0.4) is 0 Å². The van der Waals surface area contributed by atoms with E-state index in [1.165, 1.54) is 6.42 Å². The van der Waals surface area contributed by atoms with E-state index in [9.17, 15) is 4.79 Å². The van der Waals surface area contributed by atoms with Crippen LogP contribution in [0.2, 0.25) is 0 Å². The molecule has 1 saturated carbocycles. The van der Waals surface area contributed by atoms with Crippen molar-refractivity contribution < 1.29 is 9.90 Å². The minimum Gasteiger partial charge on any atom is -0.481 e. The van der Waals surface area contributed by atoms with Crippen LogP contribution in [0.25, 0.3) is 0 Å². The highest BCUT2D eigenvalue weighted by Crippen LogP contribution is 2.24. The Balaban J connectivity index is 0.000000292. The molecule has 1 N–H and O–H groups in total. The van der Waals surface area contributed by atoms with Gasteiger partial charge < -0.3 is 5.11 Å². The first-order valence-electron chi connectivity index (χ1n) is 4.45. The van der Waals surface area contributed by atoms with E-state index in [-0.39, 0.29) is 5.92 Å². The monoisotopic (exact) mass is 158 g/mol. The second-order valence-corrected chi connectivity index (χ2v) is 3.03. The molecule has 0 heterocycles. The fraction of sp³-hybridized carbons (Fsp3) is 0.889. The van der Waals surface area contributed by atoms with Crippen molar-refractivity contribution in [2.24, 2.45) is 5.92 Å². The minimum atomic E-state index is -0.609. The normalized spacial score (nSPS) is 17.3. The van der Waals surface area contributed by atoms with Gasteiger partial charge in [-0.25, -0.2) is 0 Å². The molecule has 11 heavy (non-hydrogen) atoms. The molecule has 2 heteroatoms. The standard InChI is InChI=1S/C6H10O2.C3H8/c7-6(8)5-3-1-2-4-5;1-3-2/h5H,1-4H2,(H,7,8);3H2,1-2H3. The first-order valence-corrected chi connectivity index (χ1v) is 4.45. The summed E-state index contributed by atoms with van der Waals surface area (Å²) in [7, 11) is 0. The lowest BCUT2D eigenvalue weighted by Gasteiger charge is -1.97. The van der Waals surface area contributed by atoms with Gasteiger partial charge in [0.15, 0.2) is 0 Å². The minimum absolute atomic E-state index is 0.0185. The quantitative estimate of drug-likeness (QED) is 0.637. The summed E-state index contributed by atoms with van der Waals surface area (Å²) in [6.07, 6.45) is 5.26. The lowest BCUT2D eigenvalue weighted by molar-refractivity contribution is -0.141. The zero-order valence-electron chi connectivity index (χ0n) is 7.47. The van der Waals surface area contributed by atoms with Crippen molar-refractivity contribution >= 4 is 5.97 Å². The maximum absolute atomic E-state index is 10.2. The molecule has 2 nitrogen and oxygen atoms in total. The van der Waals surface area contributed by atoms with E-state index in [0.717, 1.165) is 25.7 Å². The van der Waals surface area contributed by atoms with Gasteiger partial charge in [0.25, 0.3) is 0 Å². The first kappa shape index (κ1) is 10.5. The van der Waals surface area contributed by atoms with E-state index in [1.807, 2.05) is 0 Å². The highest BCUT2D eigenvalue weighted by molar-refractivity contribution is 5.70.